The van der Waals surface area contributed by atoms with Gasteiger partial charge in [0.05, 0.1) is 26.4 Å². The molecule has 8 nitrogen and oxygen atoms in total. The number of benzene rings is 1. The fraction of sp³-hybridized carbons (Fsp3) is 0.273. The number of carbonyl (C=O) groups is 2. The van der Waals surface area contributed by atoms with Crippen molar-refractivity contribution >= 4 is 11.9 Å². The minimum Gasteiger partial charge on any atom is -0.493 e. The first-order valence-electron chi connectivity index (χ1n) is 9.64. The highest BCUT2D eigenvalue weighted by Crippen LogP contribution is 2.35. The van der Waals surface area contributed by atoms with Crippen LogP contribution in [0.15, 0.2) is 48.7 Å². The molecule has 0 amide bonds. The zero-order valence-electron chi connectivity index (χ0n) is 16.9. The molecule has 0 radical (unpaired) electrons. The quantitative estimate of drug-likeness (QED) is 0.552. The monoisotopic (exact) mass is 412 g/mol. The predicted molar refractivity (Wildman–Crippen MR) is 109 cm³/mol. The van der Waals surface area contributed by atoms with Crippen molar-refractivity contribution in [1.82, 2.24) is 9.13 Å². The van der Waals surface area contributed by atoms with Gasteiger partial charge in [0.1, 0.15) is 16.9 Å². The molecule has 0 bridgehead atoms. The van der Waals surface area contributed by atoms with Crippen molar-refractivity contribution in [2.45, 2.75) is 27.0 Å². The topological polar surface area (TPSA) is 103 Å². The van der Waals surface area contributed by atoms with E-state index < -0.39 is 11.9 Å². The van der Waals surface area contributed by atoms with Crippen LogP contribution in [-0.2, 0) is 22.6 Å². The summed E-state index contributed by atoms with van der Waals surface area (Å²) in [5.41, 5.74) is 1.08. The van der Waals surface area contributed by atoms with Gasteiger partial charge >= 0.3 is 11.9 Å². The van der Waals surface area contributed by atoms with E-state index in [1.54, 1.807) is 32.2 Å². The molecule has 3 rings (SSSR count). The molecule has 0 saturated carbocycles. The Morgan fingerprint density at radius 1 is 0.967 bits per heavy atom. The van der Waals surface area contributed by atoms with Gasteiger partial charge in [-0.05, 0) is 31.5 Å². The van der Waals surface area contributed by atoms with Crippen LogP contribution in [-0.4, -0.2) is 44.5 Å². The largest absolute Gasteiger partial charge is 0.493 e. The average molecular weight is 412 g/mol. The van der Waals surface area contributed by atoms with Gasteiger partial charge < -0.3 is 24.3 Å². The zero-order chi connectivity index (χ0) is 21.7. The molecule has 0 saturated heterocycles. The van der Waals surface area contributed by atoms with Crippen LogP contribution in [0.2, 0.25) is 0 Å². The van der Waals surface area contributed by atoms with Crippen LogP contribution in [0.4, 0.5) is 0 Å². The van der Waals surface area contributed by atoms with Crippen molar-refractivity contribution in [3.05, 3.63) is 71.2 Å². The third-order valence-electron chi connectivity index (χ3n) is 4.58. The lowest BCUT2D eigenvalue weighted by atomic mass is 10.2. The summed E-state index contributed by atoms with van der Waals surface area (Å²) in [6.07, 6.45) is 1.59. The van der Waals surface area contributed by atoms with E-state index in [1.165, 1.54) is 9.13 Å². The number of nitrogens with zero attached hydrogens (tertiary/aromatic N) is 2. The first kappa shape index (κ1) is 21.2. The van der Waals surface area contributed by atoms with Gasteiger partial charge in [0, 0.05) is 11.9 Å². The van der Waals surface area contributed by atoms with Crippen molar-refractivity contribution in [1.29, 1.82) is 0 Å². The van der Waals surface area contributed by atoms with E-state index in [4.69, 9.17) is 9.47 Å². The maximum Gasteiger partial charge on any atom is 0.356 e. The number of rotatable bonds is 8. The maximum absolute atomic E-state index is 12.9. The zero-order valence-corrected chi connectivity index (χ0v) is 16.9. The molecule has 0 fully saturated rings. The molecule has 3 aromatic rings. The van der Waals surface area contributed by atoms with Crippen LogP contribution in [0.3, 0.4) is 0 Å². The summed E-state index contributed by atoms with van der Waals surface area (Å²) in [7, 11) is 0. The second kappa shape index (κ2) is 9.32. The Bertz CT molecular complexity index is 1040. The number of aromatic hydroxyl groups is 1. The van der Waals surface area contributed by atoms with Gasteiger partial charge in [0.2, 0.25) is 5.88 Å². The molecule has 8 heteroatoms. The Morgan fingerprint density at radius 3 is 2.27 bits per heavy atom. The summed E-state index contributed by atoms with van der Waals surface area (Å²) in [5.74, 6) is -1.83. The van der Waals surface area contributed by atoms with Crippen molar-refractivity contribution in [2.24, 2.45) is 0 Å². The lowest BCUT2D eigenvalue weighted by Gasteiger charge is -2.11. The summed E-state index contributed by atoms with van der Waals surface area (Å²) in [5, 5.41) is 20.8. The fourth-order valence-corrected chi connectivity index (χ4v) is 3.31. The van der Waals surface area contributed by atoms with E-state index in [-0.39, 0.29) is 49.2 Å². The van der Waals surface area contributed by atoms with E-state index >= 15 is 0 Å². The number of esters is 2. The number of ether oxygens (including phenoxy) is 2. The van der Waals surface area contributed by atoms with Gasteiger partial charge in [-0.25, -0.2) is 9.59 Å². The van der Waals surface area contributed by atoms with Crippen LogP contribution in [0, 0.1) is 0 Å². The number of hydrogen-bond donors (Lipinski definition) is 2. The van der Waals surface area contributed by atoms with E-state index in [0.29, 0.717) is 5.69 Å². The summed E-state index contributed by atoms with van der Waals surface area (Å²) >= 11 is 0. The molecule has 0 unspecified atom stereocenters. The molecule has 2 aromatic heterocycles. The van der Waals surface area contributed by atoms with E-state index in [9.17, 15) is 19.8 Å². The Labute approximate surface area is 173 Å². The normalized spacial score (nSPS) is 10.8. The summed E-state index contributed by atoms with van der Waals surface area (Å²) in [4.78, 5) is 25.7. The van der Waals surface area contributed by atoms with Crippen molar-refractivity contribution in [2.75, 3.05) is 13.2 Å². The van der Waals surface area contributed by atoms with Crippen LogP contribution < -0.4 is 0 Å². The SMILES string of the molecule is CCOC(=O)c1c(-n2cccc2CO)c(O)n(Cc2ccccc2)c1C(=O)OCC. The highest BCUT2D eigenvalue weighted by atomic mass is 16.5. The molecule has 2 N–H and O–H groups in total. The van der Waals surface area contributed by atoms with Gasteiger partial charge in [-0.1, -0.05) is 30.3 Å². The molecule has 0 aliphatic heterocycles. The Morgan fingerprint density at radius 2 is 1.63 bits per heavy atom. The highest BCUT2D eigenvalue weighted by Gasteiger charge is 2.34. The lowest BCUT2D eigenvalue weighted by Crippen LogP contribution is -2.18. The van der Waals surface area contributed by atoms with Crippen molar-refractivity contribution in [3.8, 4) is 11.6 Å². The van der Waals surface area contributed by atoms with Crippen molar-refractivity contribution in [3.63, 3.8) is 0 Å². The van der Waals surface area contributed by atoms with Gasteiger partial charge in [0.25, 0.3) is 0 Å². The molecule has 1 aromatic carbocycles. The van der Waals surface area contributed by atoms with Crippen molar-refractivity contribution < 1.29 is 29.3 Å². The number of aliphatic hydroxyl groups excluding tert-OH is 1. The molecule has 0 aliphatic rings. The molecule has 158 valence electrons. The molecule has 30 heavy (non-hydrogen) atoms. The lowest BCUT2D eigenvalue weighted by molar-refractivity contribution is 0.0470. The van der Waals surface area contributed by atoms with Crippen LogP contribution in [0.5, 0.6) is 5.88 Å². The number of aromatic nitrogens is 2. The maximum atomic E-state index is 12.9. The van der Waals surface area contributed by atoms with Gasteiger partial charge in [-0.3, -0.25) is 4.57 Å². The van der Waals surface area contributed by atoms with Crippen LogP contribution >= 0.6 is 0 Å². The number of aliphatic hydroxyl groups is 1. The first-order valence-corrected chi connectivity index (χ1v) is 9.64. The van der Waals surface area contributed by atoms with E-state index in [0.717, 1.165) is 5.56 Å². The predicted octanol–water partition coefficient (Wildman–Crippen LogP) is 2.88. The van der Waals surface area contributed by atoms with Gasteiger partial charge in [-0.15, -0.1) is 0 Å². The molecule has 0 atom stereocenters. The van der Waals surface area contributed by atoms with Gasteiger partial charge in [-0.2, -0.15) is 0 Å². The molecule has 0 aliphatic carbocycles. The van der Waals surface area contributed by atoms with E-state index in [2.05, 4.69) is 0 Å². The Hall–Kier alpha value is -3.52. The Kier molecular flexibility index (Phi) is 6.58. The summed E-state index contributed by atoms with van der Waals surface area (Å²) in [6.45, 7) is 3.29. The van der Waals surface area contributed by atoms with Crippen LogP contribution in [0.25, 0.3) is 5.69 Å². The molecular formula is C22H24N2O6. The molecule has 2 heterocycles. The third-order valence-corrected chi connectivity index (χ3v) is 4.58. The standard InChI is InChI=1S/C22H24N2O6/c1-3-29-21(27)17-18(23-12-8-11-16(23)14-25)20(26)24(19(17)22(28)30-4-2)13-15-9-6-5-7-10-15/h5-12,25-26H,3-4,13-14H2,1-2H3. The smallest absolute Gasteiger partial charge is 0.356 e. The number of hydrogen-bond acceptors (Lipinski definition) is 6. The average Bonchev–Trinajstić information content (AvgIpc) is 3.31. The first-order chi connectivity index (χ1) is 14.5. The third kappa shape index (κ3) is 3.95. The van der Waals surface area contributed by atoms with Gasteiger partial charge in [0.15, 0.2) is 0 Å². The molecule has 0 spiro atoms. The fourth-order valence-electron chi connectivity index (χ4n) is 3.31. The minimum absolute atomic E-state index is 0.0569. The van der Waals surface area contributed by atoms with E-state index in [1.807, 2.05) is 30.3 Å². The highest BCUT2D eigenvalue weighted by molar-refractivity contribution is 6.06. The Balaban J connectivity index is 2.31. The molecular weight excluding hydrogens is 388 g/mol. The second-order valence-electron chi connectivity index (χ2n) is 6.44. The summed E-state index contributed by atoms with van der Waals surface area (Å²) < 4.78 is 13.2. The minimum atomic E-state index is -0.768. The summed E-state index contributed by atoms with van der Waals surface area (Å²) in [6, 6.07) is 12.5. The van der Waals surface area contributed by atoms with Crippen LogP contribution in [0.1, 0.15) is 46.0 Å². The number of carbonyl (C=O) groups excluding carboxylic acids is 2. The second-order valence-corrected chi connectivity index (χ2v) is 6.44.